The van der Waals surface area contributed by atoms with Crippen molar-refractivity contribution in [3.63, 3.8) is 0 Å². The third-order valence-corrected chi connectivity index (χ3v) is 3.13. The minimum atomic E-state index is 0.243. The smallest absolute Gasteiger partial charge is 0.0887 e. The Balaban J connectivity index is 2.36. The topological polar surface area (TPSA) is 15.3 Å². The van der Waals surface area contributed by atoms with Crippen LogP contribution in [0.4, 0.5) is 5.69 Å². The lowest BCUT2D eigenvalue weighted by atomic mass is 9.97. The fraction of sp³-hybridized carbons (Fsp3) is 0.250. The molecule has 1 unspecified atom stereocenters. The van der Waals surface area contributed by atoms with Crippen LogP contribution in [0.15, 0.2) is 65.8 Å². The number of hydrogen-bond acceptors (Lipinski definition) is 2. The maximum Gasteiger partial charge on any atom is 0.0887 e. The fourth-order valence-corrected chi connectivity index (χ4v) is 2.24. The highest BCUT2D eigenvalue weighted by Crippen LogP contribution is 2.24. The zero-order chi connectivity index (χ0) is 13.0. The molecule has 0 aliphatic heterocycles. The summed E-state index contributed by atoms with van der Waals surface area (Å²) in [7, 11) is 1.96. The first-order chi connectivity index (χ1) is 8.74. The zero-order valence-corrected chi connectivity index (χ0v) is 11.2. The summed E-state index contributed by atoms with van der Waals surface area (Å²) in [5.74, 6) is 0. The van der Waals surface area contributed by atoms with Crippen molar-refractivity contribution in [2.24, 2.45) is 0 Å². The molecule has 0 bridgehead atoms. The summed E-state index contributed by atoms with van der Waals surface area (Å²) in [5, 5.41) is 2.18. The first-order valence-corrected chi connectivity index (χ1v) is 6.28. The van der Waals surface area contributed by atoms with E-state index in [9.17, 15) is 0 Å². The second-order valence-electron chi connectivity index (χ2n) is 4.57. The van der Waals surface area contributed by atoms with Crippen LogP contribution in [0.25, 0.3) is 0 Å². The molecule has 0 saturated carbocycles. The van der Waals surface area contributed by atoms with Gasteiger partial charge in [0, 0.05) is 7.05 Å². The van der Waals surface area contributed by atoms with E-state index >= 15 is 0 Å². The first kappa shape index (κ1) is 12.7. The van der Waals surface area contributed by atoms with Crippen LogP contribution in [0, 0.1) is 0 Å². The maximum absolute atomic E-state index is 3.29. The van der Waals surface area contributed by atoms with Crippen molar-refractivity contribution in [1.82, 2.24) is 5.43 Å². The Hall–Kier alpha value is -1.80. The van der Waals surface area contributed by atoms with Crippen molar-refractivity contribution >= 4 is 5.69 Å². The van der Waals surface area contributed by atoms with Gasteiger partial charge in [0.15, 0.2) is 0 Å². The molecule has 2 rings (SSSR count). The van der Waals surface area contributed by atoms with E-state index in [0.29, 0.717) is 0 Å². The molecule has 0 spiro atoms. The average molecular weight is 240 g/mol. The molecule has 0 saturated heterocycles. The van der Waals surface area contributed by atoms with Gasteiger partial charge in [-0.25, -0.2) is 5.43 Å². The number of rotatable bonds is 3. The molecule has 2 heteroatoms. The summed E-state index contributed by atoms with van der Waals surface area (Å²) >= 11 is 0. The summed E-state index contributed by atoms with van der Waals surface area (Å²) < 4.78 is 0. The van der Waals surface area contributed by atoms with Gasteiger partial charge >= 0.3 is 0 Å². The number of hydrazine groups is 1. The summed E-state index contributed by atoms with van der Waals surface area (Å²) in [4.78, 5) is 0. The van der Waals surface area contributed by atoms with Gasteiger partial charge in [0.25, 0.3) is 0 Å². The quantitative estimate of drug-likeness (QED) is 0.814. The third-order valence-electron chi connectivity index (χ3n) is 3.13. The van der Waals surface area contributed by atoms with E-state index in [4.69, 9.17) is 0 Å². The number of hydrogen-bond donors (Lipinski definition) is 1. The van der Waals surface area contributed by atoms with Gasteiger partial charge in [0.1, 0.15) is 0 Å². The molecular weight excluding hydrogens is 220 g/mol. The molecule has 1 aliphatic rings. The summed E-state index contributed by atoms with van der Waals surface area (Å²) in [6.45, 7) is 4.31. The van der Waals surface area contributed by atoms with Crippen LogP contribution in [-0.2, 0) is 0 Å². The van der Waals surface area contributed by atoms with Crippen LogP contribution < -0.4 is 10.4 Å². The Kier molecular flexibility index (Phi) is 4.00. The van der Waals surface area contributed by atoms with Crippen LogP contribution >= 0.6 is 0 Å². The predicted molar refractivity (Wildman–Crippen MR) is 78.4 cm³/mol. The van der Waals surface area contributed by atoms with Crippen LogP contribution in [0.2, 0.25) is 0 Å². The van der Waals surface area contributed by atoms with Gasteiger partial charge in [-0.3, -0.25) is 5.01 Å². The van der Waals surface area contributed by atoms with Crippen molar-refractivity contribution < 1.29 is 0 Å². The van der Waals surface area contributed by atoms with Gasteiger partial charge in [-0.15, -0.1) is 0 Å². The SMILES string of the molecule is CNN(c1ccccc1)C1C=CC=CC1=C(C)C. The van der Waals surface area contributed by atoms with Crippen molar-refractivity contribution in [2.45, 2.75) is 19.9 Å². The highest BCUT2D eigenvalue weighted by molar-refractivity contribution is 5.53. The Morgan fingerprint density at radius 3 is 2.44 bits per heavy atom. The summed E-state index contributed by atoms with van der Waals surface area (Å²) in [6, 6.07) is 10.6. The van der Waals surface area contributed by atoms with Gasteiger partial charge in [-0.1, -0.05) is 48.1 Å². The molecule has 0 fully saturated rings. The number of anilines is 1. The number of benzene rings is 1. The molecule has 94 valence electrons. The molecular formula is C16H20N2. The van der Waals surface area contributed by atoms with Crippen molar-refractivity contribution in [2.75, 3.05) is 12.1 Å². The lowest BCUT2D eigenvalue weighted by molar-refractivity contribution is 0.670. The van der Waals surface area contributed by atoms with Gasteiger partial charge in [-0.05, 0) is 31.6 Å². The van der Waals surface area contributed by atoms with E-state index in [-0.39, 0.29) is 6.04 Å². The molecule has 0 radical (unpaired) electrons. The standard InChI is InChI=1S/C16H20N2/c1-13(2)15-11-7-8-12-16(15)18(17-3)14-9-5-4-6-10-14/h4-12,16-17H,1-3H3. The lowest BCUT2D eigenvalue weighted by Crippen LogP contribution is -2.44. The van der Waals surface area contributed by atoms with E-state index in [0.717, 1.165) is 0 Å². The molecule has 18 heavy (non-hydrogen) atoms. The van der Waals surface area contributed by atoms with Crippen LogP contribution in [-0.4, -0.2) is 13.1 Å². The number of allylic oxidation sites excluding steroid dienone is 3. The molecule has 0 aromatic heterocycles. The minimum absolute atomic E-state index is 0.243. The summed E-state index contributed by atoms with van der Waals surface area (Å²) in [6.07, 6.45) is 8.60. The number of nitrogens with zero attached hydrogens (tertiary/aromatic N) is 1. The highest BCUT2D eigenvalue weighted by atomic mass is 15.5. The van der Waals surface area contributed by atoms with E-state index in [1.54, 1.807) is 0 Å². The maximum atomic E-state index is 3.29. The molecule has 1 N–H and O–H groups in total. The van der Waals surface area contributed by atoms with Gasteiger partial charge in [0.05, 0.1) is 11.7 Å². The molecule has 2 nitrogen and oxygen atoms in total. The zero-order valence-electron chi connectivity index (χ0n) is 11.2. The normalized spacial score (nSPS) is 17.9. The Bertz CT molecular complexity index is 479. The van der Waals surface area contributed by atoms with Crippen molar-refractivity contribution in [3.8, 4) is 0 Å². The Morgan fingerprint density at radius 2 is 1.83 bits per heavy atom. The van der Waals surface area contributed by atoms with E-state index < -0.39 is 0 Å². The Labute approximate surface area is 109 Å². The number of para-hydroxylation sites is 1. The molecule has 0 amide bonds. The molecule has 1 aliphatic carbocycles. The van der Waals surface area contributed by atoms with Gasteiger partial charge in [0.2, 0.25) is 0 Å². The second-order valence-corrected chi connectivity index (χ2v) is 4.57. The minimum Gasteiger partial charge on any atom is -0.297 e. The van der Waals surface area contributed by atoms with Gasteiger partial charge < -0.3 is 0 Å². The van der Waals surface area contributed by atoms with E-state index in [2.05, 4.69) is 72.9 Å². The van der Waals surface area contributed by atoms with Gasteiger partial charge in [-0.2, -0.15) is 0 Å². The summed E-state index contributed by atoms with van der Waals surface area (Å²) in [5.41, 5.74) is 7.14. The van der Waals surface area contributed by atoms with Crippen LogP contribution in [0.1, 0.15) is 13.8 Å². The Morgan fingerprint density at radius 1 is 1.11 bits per heavy atom. The largest absolute Gasteiger partial charge is 0.297 e. The first-order valence-electron chi connectivity index (χ1n) is 6.28. The van der Waals surface area contributed by atoms with Crippen molar-refractivity contribution in [1.29, 1.82) is 0 Å². The fourth-order valence-electron chi connectivity index (χ4n) is 2.24. The molecule has 0 heterocycles. The van der Waals surface area contributed by atoms with E-state index in [1.807, 2.05) is 13.1 Å². The number of nitrogens with one attached hydrogen (secondary N) is 1. The molecule has 1 aromatic carbocycles. The monoisotopic (exact) mass is 240 g/mol. The van der Waals surface area contributed by atoms with E-state index in [1.165, 1.54) is 16.8 Å². The lowest BCUT2D eigenvalue weighted by Gasteiger charge is -2.33. The average Bonchev–Trinajstić information content (AvgIpc) is 2.41. The highest BCUT2D eigenvalue weighted by Gasteiger charge is 2.20. The molecule has 1 atom stereocenters. The predicted octanol–water partition coefficient (Wildman–Crippen LogP) is 3.46. The van der Waals surface area contributed by atoms with Crippen molar-refractivity contribution in [3.05, 3.63) is 65.8 Å². The third kappa shape index (κ3) is 2.54. The second kappa shape index (κ2) is 5.69. The molecule has 1 aromatic rings. The van der Waals surface area contributed by atoms with Crippen LogP contribution in [0.3, 0.4) is 0 Å². The van der Waals surface area contributed by atoms with Crippen LogP contribution in [0.5, 0.6) is 0 Å².